The second-order valence-electron chi connectivity index (χ2n) is 10.1. The maximum absolute atomic E-state index is 13.1. The van der Waals surface area contributed by atoms with Gasteiger partial charge in [0.2, 0.25) is 5.95 Å². The number of aromatic nitrogens is 8. The maximum Gasteiger partial charge on any atom is 0.472 e. The molecule has 2 saturated heterocycles. The number of aromatic amines is 1. The van der Waals surface area contributed by atoms with Crippen molar-refractivity contribution < 1.29 is 33.5 Å². The Labute approximate surface area is 237 Å². The Morgan fingerprint density at radius 2 is 1.95 bits per heavy atom. The first-order chi connectivity index (χ1) is 19.9. The molecule has 2 aliphatic rings. The van der Waals surface area contributed by atoms with Crippen molar-refractivity contribution >= 4 is 50.5 Å². The van der Waals surface area contributed by atoms with Gasteiger partial charge in [0.25, 0.3) is 5.56 Å². The predicted molar refractivity (Wildman–Crippen MR) is 148 cm³/mol. The number of nitrogens with one attached hydrogen (secondary N) is 1. The summed E-state index contributed by atoms with van der Waals surface area (Å²) in [6, 6.07) is -1.03. The van der Waals surface area contributed by atoms with Gasteiger partial charge in [-0.15, -0.1) is 8.58 Å². The molecule has 3 unspecified atom stereocenters. The molecule has 2 bridgehead atoms. The number of ether oxygens (including phenoxy) is 1. The van der Waals surface area contributed by atoms with E-state index in [-0.39, 0.29) is 31.5 Å². The largest absolute Gasteiger partial charge is 0.472 e. The number of phosphoric ester groups is 1. The van der Waals surface area contributed by atoms with Crippen molar-refractivity contribution in [1.82, 2.24) is 39.0 Å². The van der Waals surface area contributed by atoms with Crippen molar-refractivity contribution in [1.29, 1.82) is 0 Å². The molecule has 6 rings (SSSR count). The normalized spacial score (nSPS) is 34.0. The summed E-state index contributed by atoms with van der Waals surface area (Å²) in [6.45, 7) is 1.26. The van der Waals surface area contributed by atoms with E-state index in [2.05, 4.69) is 29.9 Å². The van der Waals surface area contributed by atoms with Crippen LogP contribution in [0.25, 0.3) is 22.3 Å². The lowest BCUT2D eigenvalue weighted by atomic mass is 10.0. The smallest absolute Gasteiger partial charge is 0.390 e. The van der Waals surface area contributed by atoms with Gasteiger partial charge in [0.05, 0.1) is 25.4 Å². The SMILES string of the molecule is CC1PC[C@@H]2[C@H](O)[C@@H](COP(=O)(O)O[C@@H]([C@@H](O)n3cnc4c(=O)[nH]c(N)nc43)[C@@H]1N)O[C@H]2n1cnc2c(N)ncnc21. The van der Waals surface area contributed by atoms with Crippen LogP contribution in [-0.2, 0) is 18.3 Å². The van der Waals surface area contributed by atoms with Gasteiger partial charge in [-0.1, -0.05) is 6.92 Å². The lowest BCUT2D eigenvalue weighted by molar-refractivity contribution is -0.0616. The van der Waals surface area contributed by atoms with Crippen LogP contribution in [0, 0.1) is 5.92 Å². The van der Waals surface area contributed by atoms with Crippen LogP contribution in [0.15, 0.2) is 23.8 Å². The van der Waals surface area contributed by atoms with Gasteiger partial charge in [0.15, 0.2) is 28.9 Å². The fourth-order valence-electron chi connectivity index (χ4n) is 5.21. The van der Waals surface area contributed by atoms with E-state index in [0.29, 0.717) is 17.3 Å². The highest BCUT2D eigenvalue weighted by molar-refractivity contribution is 7.47. The number of aliphatic hydroxyl groups excluding tert-OH is 2. The van der Waals surface area contributed by atoms with Crippen LogP contribution in [-0.4, -0.2) is 96.9 Å². The minimum Gasteiger partial charge on any atom is -0.390 e. The summed E-state index contributed by atoms with van der Waals surface area (Å²) < 4.78 is 32.6. The van der Waals surface area contributed by atoms with Gasteiger partial charge in [-0.25, -0.2) is 24.5 Å². The number of rotatable bonds is 3. The molecular formula is C21H29N11O8P2. The standard InChI is InChI=1S/C21H29N11O8P2/c1-7-10(22)14(19(35)31-5-28-12-17(31)29-21(24)30-18(12)34)40-42(36,37)38-2-9-13(33)8(3-41-7)20(39-9)32-6-27-11-15(23)25-4-26-16(11)32/h4-10,13-14,19-20,33,35,41H,2-3,22H2,1H3,(H,36,37)(H2,23,25,26)(H3,24,29,30,34)/t7?,8-,9-,10-,13+,14-,19-,20-/m1/s1. The fourth-order valence-corrected chi connectivity index (χ4v) is 7.71. The van der Waals surface area contributed by atoms with E-state index >= 15 is 0 Å². The van der Waals surface area contributed by atoms with E-state index in [4.69, 9.17) is 31.0 Å². The van der Waals surface area contributed by atoms with E-state index in [1.807, 2.05) is 0 Å². The number of hydrogen-bond donors (Lipinski definition) is 7. The Balaban J connectivity index is 1.32. The molecule has 226 valence electrons. The zero-order valence-corrected chi connectivity index (χ0v) is 23.9. The van der Waals surface area contributed by atoms with Crippen LogP contribution in [0.2, 0.25) is 0 Å². The molecule has 0 saturated carbocycles. The van der Waals surface area contributed by atoms with E-state index < -0.39 is 68.4 Å². The van der Waals surface area contributed by atoms with Gasteiger partial charge in [-0.3, -0.25) is 28.0 Å². The molecule has 2 aliphatic heterocycles. The Morgan fingerprint density at radius 1 is 1.19 bits per heavy atom. The Bertz CT molecular complexity index is 1730. The van der Waals surface area contributed by atoms with Crippen LogP contribution in [0.5, 0.6) is 0 Å². The van der Waals surface area contributed by atoms with Crippen LogP contribution >= 0.6 is 16.4 Å². The summed E-state index contributed by atoms with van der Waals surface area (Å²) in [7, 11) is -4.83. The second-order valence-corrected chi connectivity index (χ2v) is 13.2. The van der Waals surface area contributed by atoms with Crippen molar-refractivity contribution in [3.63, 3.8) is 0 Å². The summed E-state index contributed by atoms with van der Waals surface area (Å²) in [6.07, 6.45) is -1.80. The van der Waals surface area contributed by atoms with Crippen LogP contribution in [0.1, 0.15) is 19.4 Å². The molecule has 10 N–H and O–H groups in total. The quantitative estimate of drug-likeness (QED) is 0.126. The monoisotopic (exact) mass is 625 g/mol. The first kappa shape index (κ1) is 29.0. The third-order valence-corrected chi connectivity index (χ3v) is 10.2. The minimum absolute atomic E-state index is 0.0745. The lowest BCUT2D eigenvalue weighted by Crippen LogP contribution is -2.48. The first-order valence-corrected chi connectivity index (χ1v) is 15.5. The molecule has 4 aromatic heterocycles. The average Bonchev–Trinajstić information content (AvgIpc) is 3.64. The number of H-pyrrole nitrogens is 1. The van der Waals surface area contributed by atoms with Gasteiger partial charge in [-0.2, -0.15) is 4.98 Å². The van der Waals surface area contributed by atoms with E-state index in [1.165, 1.54) is 12.7 Å². The molecule has 0 amide bonds. The summed E-state index contributed by atoms with van der Waals surface area (Å²) in [5.74, 6) is -0.560. The number of nitrogen functional groups attached to an aromatic ring is 2. The molecule has 42 heavy (non-hydrogen) atoms. The van der Waals surface area contributed by atoms with Gasteiger partial charge in [-0.05, 0) is 11.8 Å². The first-order valence-electron chi connectivity index (χ1n) is 12.8. The summed E-state index contributed by atoms with van der Waals surface area (Å²) >= 11 is 0. The Hall–Kier alpha value is -3.12. The van der Waals surface area contributed by atoms with Crippen LogP contribution < -0.4 is 22.8 Å². The molecule has 0 aliphatic carbocycles. The number of aliphatic hydroxyl groups is 2. The zero-order valence-electron chi connectivity index (χ0n) is 22.0. The third kappa shape index (κ3) is 5.06. The van der Waals surface area contributed by atoms with E-state index in [0.717, 1.165) is 10.9 Å². The third-order valence-electron chi connectivity index (χ3n) is 7.48. The molecule has 0 aromatic carbocycles. The average molecular weight is 625 g/mol. The van der Waals surface area contributed by atoms with Gasteiger partial charge < -0.3 is 37.0 Å². The molecule has 10 atom stereocenters. The highest BCUT2D eigenvalue weighted by Gasteiger charge is 2.48. The molecule has 2 fully saturated rings. The van der Waals surface area contributed by atoms with E-state index in [1.54, 1.807) is 11.5 Å². The highest BCUT2D eigenvalue weighted by atomic mass is 31.2. The molecule has 21 heteroatoms. The number of nitrogens with two attached hydrogens (primary N) is 3. The van der Waals surface area contributed by atoms with Crippen molar-refractivity contribution in [2.24, 2.45) is 11.7 Å². The number of imidazole rings is 2. The molecule has 4 aromatic rings. The molecule has 0 spiro atoms. The minimum atomic E-state index is -4.91. The van der Waals surface area contributed by atoms with Crippen molar-refractivity contribution in [2.75, 3.05) is 24.2 Å². The fraction of sp³-hybridized carbons (Fsp3) is 0.524. The molecular weight excluding hydrogens is 596 g/mol. The molecule has 19 nitrogen and oxygen atoms in total. The molecule has 0 radical (unpaired) electrons. The van der Waals surface area contributed by atoms with E-state index in [9.17, 15) is 24.5 Å². The topological polar surface area (TPSA) is 291 Å². The van der Waals surface area contributed by atoms with Crippen molar-refractivity contribution in [3.8, 4) is 0 Å². The van der Waals surface area contributed by atoms with Crippen LogP contribution in [0.4, 0.5) is 11.8 Å². The highest BCUT2D eigenvalue weighted by Crippen LogP contribution is 2.50. The van der Waals surface area contributed by atoms with Crippen molar-refractivity contribution in [3.05, 3.63) is 29.3 Å². The Kier molecular flexibility index (Phi) is 7.49. The van der Waals surface area contributed by atoms with Gasteiger partial charge in [0.1, 0.15) is 30.3 Å². The number of anilines is 2. The second kappa shape index (κ2) is 10.9. The van der Waals surface area contributed by atoms with Crippen LogP contribution in [0.3, 0.4) is 0 Å². The summed E-state index contributed by atoms with van der Waals surface area (Å²) in [5.41, 5.74) is 17.6. The molecule has 6 heterocycles. The lowest BCUT2D eigenvalue weighted by Gasteiger charge is -2.34. The summed E-state index contributed by atoms with van der Waals surface area (Å²) in [5, 5.41) is 22.5. The number of nitrogens with zero attached hydrogens (tertiary/aromatic N) is 7. The number of fused-ring (bicyclic) bond motifs is 4. The van der Waals surface area contributed by atoms with Gasteiger partial charge in [0, 0.05) is 12.0 Å². The Morgan fingerprint density at radius 3 is 2.74 bits per heavy atom. The van der Waals surface area contributed by atoms with Gasteiger partial charge >= 0.3 is 7.82 Å². The maximum atomic E-state index is 13.1. The predicted octanol–water partition coefficient (Wildman–Crippen LogP) is -1.60. The number of hydrogen-bond acceptors (Lipinski definition) is 15. The summed E-state index contributed by atoms with van der Waals surface area (Å²) in [4.78, 5) is 45.7. The van der Waals surface area contributed by atoms with Crippen molar-refractivity contribution in [2.45, 2.75) is 49.4 Å². The number of phosphoric acid groups is 1. The zero-order chi connectivity index (χ0) is 29.9.